The fraction of sp³-hybridized carbons (Fsp3) is 0.508. The number of phenols is 1. The van der Waals surface area contributed by atoms with Gasteiger partial charge in [0.2, 0.25) is 70.9 Å². The summed E-state index contributed by atoms with van der Waals surface area (Å²) in [4.78, 5) is 206. The minimum atomic E-state index is -1.56. The Bertz CT molecular complexity index is 3740. The third-order valence-electron chi connectivity index (χ3n) is 16.7. The first-order chi connectivity index (χ1) is 50.4. The minimum absolute atomic E-state index is 0.0195. The van der Waals surface area contributed by atoms with E-state index in [0.717, 1.165) is 10.9 Å². The number of para-hydroxylation sites is 1. The average molecular weight is 1570 g/mol. The Morgan fingerprint density at radius 3 is 1.70 bits per heavy atom. The number of hydrogen-bond acceptors (Lipinski definition) is 23. The van der Waals surface area contributed by atoms with Crippen molar-refractivity contribution < 1.29 is 82.4 Å². The molecule has 0 spiro atoms. The first-order valence-electron chi connectivity index (χ1n) is 33.5. The molecule has 5 rings (SSSR count). The third kappa shape index (κ3) is 27.5. The zero-order valence-corrected chi connectivity index (χ0v) is 62.6. The van der Waals surface area contributed by atoms with Gasteiger partial charge in [-0.2, -0.15) is 62.3 Å². The molecular weight excluding hydrogens is 1480 g/mol. The number of amides is 12. The van der Waals surface area contributed by atoms with E-state index >= 15 is 0 Å². The van der Waals surface area contributed by atoms with Gasteiger partial charge in [-0.15, -0.1) is 0 Å². The molecule has 22 N–H and O–H groups in total. The second kappa shape index (κ2) is 43.9. The zero-order valence-electron chi connectivity index (χ0n) is 58.2. The van der Waals surface area contributed by atoms with Crippen molar-refractivity contribution in [1.82, 2.24) is 78.3 Å². The van der Waals surface area contributed by atoms with Crippen LogP contribution in [0.25, 0.3) is 10.9 Å². The number of imidazole rings is 1. The van der Waals surface area contributed by atoms with Gasteiger partial charge in [-0.25, -0.2) is 9.78 Å². The monoisotopic (exact) mass is 1570 g/mol. The van der Waals surface area contributed by atoms with Crippen molar-refractivity contribution in [2.24, 2.45) is 28.1 Å². The lowest BCUT2D eigenvalue weighted by Crippen LogP contribution is -2.61. The summed E-state index contributed by atoms with van der Waals surface area (Å²) in [5.41, 5.74) is 19.0. The van der Waals surface area contributed by atoms with E-state index in [2.05, 4.69) is 129 Å². The summed E-state index contributed by atoms with van der Waals surface area (Å²) in [6, 6.07) is -4.09. The molecule has 0 radical (unpaired) electrons. The number of guanidine groups is 1. The van der Waals surface area contributed by atoms with E-state index in [-0.39, 0.29) is 92.8 Å². The highest BCUT2D eigenvalue weighted by Gasteiger charge is 2.39. The summed E-state index contributed by atoms with van der Waals surface area (Å²) in [5.74, 6) is -15.2. The first-order valence-corrected chi connectivity index (χ1v) is 37.4. The smallest absolute Gasteiger partial charge is 0.327 e. The number of phenolic OH excluding ortho intramolecular Hbond substituents is 1. The third-order valence-corrected chi connectivity index (χ3v) is 18.8. The zero-order chi connectivity index (χ0) is 78.3. The van der Waals surface area contributed by atoms with Crippen LogP contribution in [0.15, 0.2) is 72.2 Å². The number of nitrogens with one attached hydrogen (secondary N) is 13. The van der Waals surface area contributed by atoms with Crippen LogP contribution in [-0.4, -0.2) is 251 Å². The van der Waals surface area contributed by atoms with E-state index in [4.69, 9.17) is 17.2 Å². The minimum Gasteiger partial charge on any atom is -0.508 e. The van der Waals surface area contributed by atoms with Crippen LogP contribution in [0.1, 0.15) is 69.2 Å². The molecule has 1 aliphatic heterocycles. The Hall–Kier alpha value is -9.45. The van der Waals surface area contributed by atoms with Gasteiger partial charge in [0, 0.05) is 84.4 Å². The Labute approximate surface area is 635 Å². The summed E-state index contributed by atoms with van der Waals surface area (Å²) < 4.78 is 0. The maximum Gasteiger partial charge on any atom is 0.327 e. The van der Waals surface area contributed by atoms with Gasteiger partial charge in [0.25, 0.3) is 0 Å². The molecule has 0 bridgehead atoms. The van der Waals surface area contributed by atoms with E-state index < -0.39 is 174 Å². The van der Waals surface area contributed by atoms with E-state index in [1.807, 2.05) is 12.1 Å². The van der Waals surface area contributed by atoms with Crippen molar-refractivity contribution in [1.29, 1.82) is 0 Å². The normalized spacial score (nSPS) is 15.7. The molecule has 36 nitrogen and oxygen atoms in total. The number of aromatic hydroxyl groups is 1. The molecule has 0 aliphatic carbocycles. The highest BCUT2D eigenvalue weighted by Crippen LogP contribution is 2.22. The summed E-state index contributed by atoms with van der Waals surface area (Å²) in [5, 5.41) is 57.5. The van der Waals surface area contributed by atoms with Gasteiger partial charge < -0.3 is 106 Å². The molecule has 12 atom stereocenters. The summed E-state index contributed by atoms with van der Waals surface area (Å²) in [6.45, 7) is 2.60. The van der Waals surface area contributed by atoms with E-state index in [0.29, 0.717) is 29.0 Å². The van der Waals surface area contributed by atoms with Crippen LogP contribution in [0.5, 0.6) is 5.75 Å². The number of thioether (sulfide) groups is 1. The molecule has 2 aromatic carbocycles. The van der Waals surface area contributed by atoms with Gasteiger partial charge in [-0.3, -0.25) is 67.3 Å². The number of thiol groups is 4. The molecule has 580 valence electrons. The molecule has 106 heavy (non-hydrogen) atoms. The maximum absolute atomic E-state index is 14.4. The van der Waals surface area contributed by atoms with Crippen molar-refractivity contribution >= 4 is 162 Å². The van der Waals surface area contributed by atoms with Crippen LogP contribution in [0.3, 0.4) is 0 Å². The van der Waals surface area contributed by atoms with Gasteiger partial charge in [0.1, 0.15) is 72.2 Å². The molecule has 41 heteroatoms. The fourth-order valence-corrected chi connectivity index (χ4v) is 12.4. The largest absolute Gasteiger partial charge is 0.508 e. The highest BCUT2D eigenvalue weighted by molar-refractivity contribution is 7.98. The van der Waals surface area contributed by atoms with Crippen LogP contribution in [0.2, 0.25) is 0 Å². The fourth-order valence-electron chi connectivity index (χ4n) is 10.9. The molecule has 2 aromatic heterocycles. The number of aromatic amines is 2. The molecule has 12 unspecified atom stereocenters. The number of carbonyl (C=O) groups is 14. The number of hydrogen-bond donors (Lipinski definition) is 23. The van der Waals surface area contributed by atoms with Crippen molar-refractivity contribution in [2.45, 2.75) is 144 Å². The van der Waals surface area contributed by atoms with Gasteiger partial charge >= 0.3 is 11.9 Å². The number of nitrogens with zero attached hydrogens (tertiary/aromatic N) is 3. The van der Waals surface area contributed by atoms with Crippen LogP contribution in [0, 0.1) is 5.92 Å². The number of aromatic nitrogens is 3. The second-order valence-corrected chi connectivity index (χ2v) is 27.4. The van der Waals surface area contributed by atoms with E-state index in [1.165, 1.54) is 53.5 Å². The summed E-state index contributed by atoms with van der Waals surface area (Å²) >= 11 is 18.2. The lowest BCUT2D eigenvalue weighted by atomic mass is 10.00. The average Bonchev–Trinajstić information content (AvgIpc) is 1.51. The van der Waals surface area contributed by atoms with Gasteiger partial charge in [0.05, 0.1) is 25.3 Å². The van der Waals surface area contributed by atoms with Crippen molar-refractivity contribution in [2.75, 3.05) is 54.7 Å². The van der Waals surface area contributed by atoms with Crippen LogP contribution < -0.4 is 75.7 Å². The quantitative estimate of drug-likeness (QED) is 0.00861. The molecule has 12 amide bonds. The Balaban J connectivity index is 1.24. The standard InChI is InChI=1S/C65H93N19O17S5/c1-32(2)52(63(99)78-43(57(93)82-48(30-105)64(100)101)21-34-24-71-39-9-5-4-8-37(34)39)83-55(91)41(16-19-106-3)75-59(95)47(29-104)81-62(98)49-11-7-18-84(49)50(86)26-72-54(90)40(10-6-17-70-65(67)68)74-58(94)44(22-35-25-69-31-73-35)77-60(96)45(27-102)80-61(97)46(28-103)79-56(92)42(20-33-12-14-36(85)15-13-33)76-53(89)38(66)23-51(87)88/h4-5,8-9,12-15,24-25,31-32,38,40-49,52,71,85,102-105H,6-7,10-11,16-23,26-30,66H2,1-3H3,(H,69,73)(H,72,90)(H,74,94)(H,75,95)(H,76,89)(H,77,96)(H,78,99)(H,79,92)(H,80,97)(H,81,98)(H,82,93)(H,83,91)(H,87,88)(H,100,101)(H4,67,68,70). The number of aliphatic carboxylic acids is 2. The first kappa shape index (κ1) is 87.2. The van der Waals surface area contributed by atoms with Gasteiger partial charge in [-0.1, -0.05) is 44.2 Å². The molecule has 3 heterocycles. The molecule has 1 saturated heterocycles. The predicted molar refractivity (Wildman–Crippen MR) is 404 cm³/mol. The molecular formula is C65H93N19O17S5. The number of aliphatic imine (C=N–C) groups is 1. The highest BCUT2D eigenvalue weighted by atomic mass is 32.2. The van der Waals surface area contributed by atoms with E-state index in [1.54, 1.807) is 38.4 Å². The number of nitrogens with two attached hydrogens (primary N) is 3. The van der Waals surface area contributed by atoms with Gasteiger partial charge in [0.15, 0.2) is 5.96 Å². The number of carboxylic acids is 2. The summed E-state index contributed by atoms with van der Waals surface area (Å²) in [6.07, 6.45) is 5.16. The van der Waals surface area contributed by atoms with Crippen molar-refractivity contribution in [3.63, 3.8) is 0 Å². The molecule has 1 fully saturated rings. The Morgan fingerprint density at radius 1 is 0.623 bits per heavy atom. The topological polar surface area (TPSA) is 570 Å². The molecule has 4 aromatic rings. The number of benzene rings is 2. The van der Waals surface area contributed by atoms with E-state index in [9.17, 15) is 82.4 Å². The number of fused-ring (bicyclic) bond motifs is 1. The summed E-state index contributed by atoms with van der Waals surface area (Å²) in [7, 11) is 0. The number of carbonyl (C=O) groups excluding carboxylic acids is 12. The molecule has 1 aliphatic rings. The Kier molecular flexibility index (Phi) is 36.1. The SMILES string of the molecule is CSCCC(NC(=O)C(CS)NC(=O)C1CCCN1C(=O)CNC(=O)C(CCCN=C(N)N)NC(=O)C(Cc1cnc[nH]1)NC(=O)C(CS)NC(=O)C(CS)NC(=O)C(Cc1ccc(O)cc1)NC(=O)C(N)CC(=O)O)C(=O)NC(C(=O)NC(Cc1c[nH]c2ccccc12)C(=O)NC(CS)C(=O)O)C(C)C. The van der Waals surface area contributed by atoms with Crippen LogP contribution in [-0.2, 0) is 86.4 Å². The number of likely N-dealkylation sites (tertiary alicyclic amines) is 1. The maximum atomic E-state index is 14.4. The van der Waals surface area contributed by atoms with Crippen molar-refractivity contribution in [3.8, 4) is 5.75 Å². The van der Waals surface area contributed by atoms with Gasteiger partial charge in [-0.05, 0) is 79.4 Å². The predicted octanol–water partition coefficient (Wildman–Crippen LogP) is -4.35. The van der Waals surface area contributed by atoms with Crippen LogP contribution in [0.4, 0.5) is 0 Å². The number of H-pyrrole nitrogens is 2. The van der Waals surface area contributed by atoms with Crippen molar-refractivity contribution in [3.05, 3.63) is 84.1 Å². The lowest BCUT2D eigenvalue weighted by molar-refractivity contribution is -0.141. The lowest BCUT2D eigenvalue weighted by Gasteiger charge is -2.29. The number of carboxylic acid groups (broad SMARTS) is 2. The number of rotatable bonds is 44. The Morgan fingerprint density at radius 2 is 1.14 bits per heavy atom. The second-order valence-electron chi connectivity index (χ2n) is 25.0. The van der Waals surface area contributed by atoms with Crippen LogP contribution >= 0.6 is 62.3 Å². The molecule has 0 saturated carbocycles.